The summed E-state index contributed by atoms with van der Waals surface area (Å²) in [6.45, 7) is 5.63. The highest BCUT2D eigenvalue weighted by atomic mass is 16.5. The molecule has 3 fully saturated rings. The molecule has 5 rings (SSSR count). The molecule has 1 saturated heterocycles. The summed E-state index contributed by atoms with van der Waals surface area (Å²) >= 11 is 0. The smallest absolute Gasteiger partial charge is 0.276 e. The van der Waals surface area contributed by atoms with Crippen molar-refractivity contribution in [3.05, 3.63) is 33.9 Å². The summed E-state index contributed by atoms with van der Waals surface area (Å²) in [5.74, 6) is 0.472. The number of aromatic nitrogens is 3. The van der Waals surface area contributed by atoms with Crippen molar-refractivity contribution in [2.24, 2.45) is 5.41 Å². The van der Waals surface area contributed by atoms with Crippen LogP contribution >= 0.6 is 0 Å². The maximum Gasteiger partial charge on any atom is 0.276 e. The Bertz CT molecular complexity index is 997. The van der Waals surface area contributed by atoms with Gasteiger partial charge in [0.2, 0.25) is 5.91 Å². The number of pyridine rings is 1. The number of amides is 1. The molecule has 0 bridgehead atoms. The van der Waals surface area contributed by atoms with Gasteiger partial charge in [-0.1, -0.05) is 13.8 Å². The zero-order valence-electron chi connectivity index (χ0n) is 16.4. The topological polar surface area (TPSA) is 86.1 Å². The lowest BCUT2D eigenvalue weighted by Crippen LogP contribution is -2.59. The number of fused-ring (bicyclic) bond motifs is 1. The van der Waals surface area contributed by atoms with Crippen LogP contribution in [0.3, 0.4) is 0 Å². The number of hydrogen-bond acceptors (Lipinski definition) is 5. The van der Waals surface area contributed by atoms with Crippen LogP contribution in [0.25, 0.3) is 10.9 Å². The summed E-state index contributed by atoms with van der Waals surface area (Å²) in [6, 6.07) is 3.98. The number of ether oxygens (including phenoxy) is 1. The van der Waals surface area contributed by atoms with Gasteiger partial charge in [-0.15, -0.1) is 0 Å². The van der Waals surface area contributed by atoms with E-state index in [1.165, 1.54) is 4.68 Å². The van der Waals surface area contributed by atoms with Crippen LogP contribution in [0.4, 0.5) is 0 Å². The molecule has 2 aliphatic carbocycles. The van der Waals surface area contributed by atoms with Gasteiger partial charge < -0.3 is 10.1 Å². The first-order valence-electron chi connectivity index (χ1n) is 10.2. The highest BCUT2D eigenvalue weighted by Crippen LogP contribution is 2.46. The Balaban J connectivity index is 1.39. The van der Waals surface area contributed by atoms with Crippen LogP contribution in [-0.4, -0.2) is 39.9 Å². The van der Waals surface area contributed by atoms with Crippen molar-refractivity contribution in [3.8, 4) is 0 Å². The minimum atomic E-state index is -0.248. The molecule has 1 N–H and O–H groups in total. The van der Waals surface area contributed by atoms with Crippen molar-refractivity contribution in [2.45, 2.75) is 64.0 Å². The maximum absolute atomic E-state index is 12.9. The van der Waals surface area contributed by atoms with Crippen molar-refractivity contribution in [1.29, 1.82) is 0 Å². The third-order valence-corrected chi connectivity index (χ3v) is 6.23. The lowest BCUT2D eigenvalue weighted by atomic mass is 9.64. The van der Waals surface area contributed by atoms with Crippen LogP contribution in [0.1, 0.15) is 62.8 Å². The SMILES string of the molecule is CC(C)c1nn(CC(=O)NC2CC3(COC3)C2)c(=O)c2ccc(C3CC3)nc12. The Morgan fingerprint density at radius 2 is 2.07 bits per heavy atom. The van der Waals surface area contributed by atoms with E-state index in [9.17, 15) is 9.59 Å². The molecule has 28 heavy (non-hydrogen) atoms. The third-order valence-electron chi connectivity index (χ3n) is 6.23. The monoisotopic (exact) mass is 382 g/mol. The van der Waals surface area contributed by atoms with E-state index in [2.05, 4.69) is 10.4 Å². The molecule has 148 valence electrons. The molecule has 0 atom stereocenters. The van der Waals surface area contributed by atoms with Crippen molar-refractivity contribution in [3.63, 3.8) is 0 Å². The highest BCUT2D eigenvalue weighted by Gasteiger charge is 2.50. The molecule has 2 saturated carbocycles. The second-order valence-electron chi connectivity index (χ2n) is 9.07. The summed E-state index contributed by atoms with van der Waals surface area (Å²) < 4.78 is 6.57. The second-order valence-corrected chi connectivity index (χ2v) is 9.07. The molecule has 7 nitrogen and oxygen atoms in total. The van der Waals surface area contributed by atoms with E-state index < -0.39 is 0 Å². The molecule has 0 aromatic carbocycles. The van der Waals surface area contributed by atoms with Crippen molar-refractivity contribution < 1.29 is 9.53 Å². The lowest BCUT2D eigenvalue weighted by molar-refractivity contribution is -0.169. The molecule has 0 radical (unpaired) electrons. The number of nitrogens with zero attached hydrogens (tertiary/aromatic N) is 3. The standard InChI is InChI=1S/C21H26N4O3/c1-12(2)18-19-15(5-6-16(23-19)13-3-4-13)20(27)25(24-18)9-17(26)22-14-7-21(8-14)10-28-11-21/h5-6,12-14H,3-4,7-11H2,1-2H3,(H,22,26). The quantitative estimate of drug-likeness (QED) is 0.856. The Morgan fingerprint density at radius 3 is 2.68 bits per heavy atom. The molecule has 3 heterocycles. The van der Waals surface area contributed by atoms with Crippen LogP contribution in [0.2, 0.25) is 0 Å². The minimum Gasteiger partial charge on any atom is -0.380 e. The summed E-state index contributed by atoms with van der Waals surface area (Å²) in [7, 11) is 0. The van der Waals surface area contributed by atoms with Crippen LogP contribution < -0.4 is 10.9 Å². The summed E-state index contributed by atoms with van der Waals surface area (Å²) in [4.78, 5) is 30.2. The van der Waals surface area contributed by atoms with Crippen molar-refractivity contribution in [1.82, 2.24) is 20.1 Å². The van der Waals surface area contributed by atoms with Crippen LogP contribution in [-0.2, 0) is 16.1 Å². The fourth-order valence-electron chi connectivity index (χ4n) is 4.43. The van der Waals surface area contributed by atoms with Gasteiger partial charge in [-0.05, 0) is 43.7 Å². The first-order chi connectivity index (χ1) is 13.4. The predicted octanol–water partition coefficient (Wildman–Crippen LogP) is 2.09. The fraction of sp³-hybridized carbons (Fsp3) is 0.619. The first-order valence-corrected chi connectivity index (χ1v) is 10.2. The average molecular weight is 382 g/mol. The van der Waals surface area contributed by atoms with Gasteiger partial charge in [0.25, 0.3) is 5.56 Å². The van der Waals surface area contributed by atoms with Crippen LogP contribution in [0.5, 0.6) is 0 Å². The molecule has 7 heteroatoms. The van der Waals surface area contributed by atoms with E-state index in [0.29, 0.717) is 22.2 Å². The van der Waals surface area contributed by atoms with E-state index in [-0.39, 0.29) is 30.0 Å². The molecule has 1 spiro atoms. The van der Waals surface area contributed by atoms with Gasteiger partial charge in [-0.25, -0.2) is 4.68 Å². The van der Waals surface area contributed by atoms with Gasteiger partial charge in [0.15, 0.2) is 0 Å². The minimum absolute atomic E-state index is 0.0567. The zero-order chi connectivity index (χ0) is 19.5. The van der Waals surface area contributed by atoms with E-state index >= 15 is 0 Å². The molecular formula is C21H26N4O3. The van der Waals surface area contributed by atoms with Gasteiger partial charge in [-0.3, -0.25) is 14.6 Å². The first kappa shape index (κ1) is 17.8. The number of hydrogen-bond donors (Lipinski definition) is 1. The molecular weight excluding hydrogens is 356 g/mol. The van der Waals surface area contributed by atoms with E-state index in [1.807, 2.05) is 26.0 Å². The van der Waals surface area contributed by atoms with E-state index in [1.54, 1.807) is 0 Å². The third kappa shape index (κ3) is 3.02. The lowest BCUT2D eigenvalue weighted by Gasteiger charge is -2.53. The number of carbonyl (C=O) groups is 1. The second kappa shape index (κ2) is 6.37. The predicted molar refractivity (Wildman–Crippen MR) is 104 cm³/mol. The summed E-state index contributed by atoms with van der Waals surface area (Å²) in [6.07, 6.45) is 4.25. The summed E-state index contributed by atoms with van der Waals surface area (Å²) in [5.41, 5.74) is 2.56. The normalized spacial score (nSPS) is 21.0. The Hall–Kier alpha value is -2.28. The number of carbonyl (C=O) groups excluding carboxylic acids is 1. The van der Waals surface area contributed by atoms with Gasteiger partial charge in [0.1, 0.15) is 6.54 Å². The van der Waals surface area contributed by atoms with Crippen molar-refractivity contribution in [2.75, 3.05) is 13.2 Å². The molecule has 2 aromatic heterocycles. The van der Waals surface area contributed by atoms with Crippen LogP contribution in [0, 0.1) is 5.41 Å². The number of nitrogens with one attached hydrogen (secondary N) is 1. The maximum atomic E-state index is 12.9. The average Bonchev–Trinajstić information content (AvgIpc) is 3.43. The molecule has 1 aliphatic heterocycles. The fourth-order valence-corrected chi connectivity index (χ4v) is 4.43. The number of rotatable bonds is 5. The van der Waals surface area contributed by atoms with Gasteiger partial charge in [0.05, 0.1) is 29.8 Å². The largest absolute Gasteiger partial charge is 0.380 e. The zero-order valence-corrected chi connectivity index (χ0v) is 16.4. The van der Waals surface area contributed by atoms with Gasteiger partial charge in [0, 0.05) is 23.1 Å². The highest BCUT2D eigenvalue weighted by molar-refractivity contribution is 5.81. The molecule has 1 amide bonds. The Labute approximate surface area is 163 Å². The summed E-state index contributed by atoms with van der Waals surface area (Å²) in [5, 5.41) is 8.11. The Morgan fingerprint density at radius 1 is 1.32 bits per heavy atom. The Kier molecular flexibility index (Phi) is 4.05. The van der Waals surface area contributed by atoms with Crippen molar-refractivity contribution >= 4 is 16.8 Å². The molecule has 0 unspecified atom stereocenters. The van der Waals surface area contributed by atoms with Gasteiger partial charge in [-0.2, -0.15) is 5.10 Å². The van der Waals surface area contributed by atoms with Crippen LogP contribution in [0.15, 0.2) is 16.9 Å². The van der Waals surface area contributed by atoms with Gasteiger partial charge >= 0.3 is 0 Å². The molecule has 2 aromatic rings. The van der Waals surface area contributed by atoms with E-state index in [0.717, 1.165) is 50.3 Å². The molecule has 3 aliphatic rings. The van der Waals surface area contributed by atoms with E-state index in [4.69, 9.17) is 9.72 Å².